The van der Waals surface area contributed by atoms with E-state index in [1.165, 1.54) is 5.56 Å². The second-order valence-electron chi connectivity index (χ2n) is 5.03. The molecule has 1 unspecified atom stereocenters. The van der Waals surface area contributed by atoms with Gasteiger partial charge in [0, 0.05) is 18.3 Å². The molecule has 4 heteroatoms. The number of nitrogens with one attached hydrogen (secondary N) is 2. The first-order valence-corrected chi connectivity index (χ1v) is 7.09. The van der Waals surface area contributed by atoms with Crippen LogP contribution in [0.4, 0.5) is 10.5 Å². The van der Waals surface area contributed by atoms with Crippen LogP contribution < -0.4 is 16.4 Å². The van der Waals surface area contributed by atoms with Gasteiger partial charge in [-0.2, -0.15) is 0 Å². The van der Waals surface area contributed by atoms with Gasteiger partial charge in [0.25, 0.3) is 0 Å². The smallest absolute Gasteiger partial charge is 0.319 e. The summed E-state index contributed by atoms with van der Waals surface area (Å²) in [5.41, 5.74) is 8.80. The van der Waals surface area contributed by atoms with Gasteiger partial charge in [0.15, 0.2) is 0 Å². The van der Waals surface area contributed by atoms with Gasteiger partial charge < -0.3 is 16.4 Å². The van der Waals surface area contributed by atoms with Crippen LogP contribution >= 0.6 is 0 Å². The summed E-state index contributed by atoms with van der Waals surface area (Å²) in [6, 6.07) is 17.4. The van der Waals surface area contributed by atoms with Crippen molar-refractivity contribution in [3.05, 3.63) is 65.7 Å². The summed E-state index contributed by atoms with van der Waals surface area (Å²) in [4.78, 5) is 11.8. The molecule has 0 saturated heterocycles. The average molecular weight is 283 g/mol. The van der Waals surface area contributed by atoms with E-state index >= 15 is 0 Å². The highest BCUT2D eigenvalue weighted by atomic mass is 16.2. The Hall–Kier alpha value is -2.33. The second kappa shape index (κ2) is 7.45. The van der Waals surface area contributed by atoms with Crippen molar-refractivity contribution in [1.29, 1.82) is 0 Å². The molecule has 0 spiro atoms. The van der Waals surface area contributed by atoms with Crippen molar-refractivity contribution in [1.82, 2.24) is 5.32 Å². The van der Waals surface area contributed by atoms with E-state index in [0.717, 1.165) is 17.7 Å². The number of anilines is 1. The minimum Gasteiger partial charge on any atom is -0.338 e. The van der Waals surface area contributed by atoms with E-state index in [1.807, 2.05) is 61.5 Å². The molecule has 0 aliphatic heterocycles. The summed E-state index contributed by atoms with van der Waals surface area (Å²) in [5, 5.41) is 5.65. The molecular formula is C17H21N3O. The van der Waals surface area contributed by atoms with Crippen LogP contribution in [0.3, 0.4) is 0 Å². The van der Waals surface area contributed by atoms with E-state index < -0.39 is 0 Å². The number of benzene rings is 2. The van der Waals surface area contributed by atoms with E-state index in [2.05, 4.69) is 10.6 Å². The summed E-state index contributed by atoms with van der Waals surface area (Å²) in [5.74, 6) is 0. The standard InChI is InChI=1S/C17H21N3O/c1-13(18)15-7-9-16(10-8-15)20-17(21)19-12-11-14-5-3-2-4-6-14/h2-10,13H,11-12,18H2,1H3,(H2,19,20,21). The van der Waals surface area contributed by atoms with Crippen LogP contribution in [0.25, 0.3) is 0 Å². The number of urea groups is 1. The Labute approximate surface area is 125 Å². The third-order valence-electron chi connectivity index (χ3n) is 3.24. The third-order valence-corrected chi connectivity index (χ3v) is 3.24. The molecule has 0 aliphatic carbocycles. The quantitative estimate of drug-likeness (QED) is 0.789. The predicted octanol–water partition coefficient (Wildman–Crippen LogP) is 3.07. The minimum atomic E-state index is -0.195. The van der Waals surface area contributed by atoms with Gasteiger partial charge in [-0.1, -0.05) is 42.5 Å². The van der Waals surface area contributed by atoms with Gasteiger partial charge in [0.2, 0.25) is 0 Å². The van der Waals surface area contributed by atoms with Crippen molar-refractivity contribution in [3.8, 4) is 0 Å². The van der Waals surface area contributed by atoms with Gasteiger partial charge in [0.1, 0.15) is 0 Å². The number of hydrogen-bond acceptors (Lipinski definition) is 2. The zero-order chi connectivity index (χ0) is 15.1. The lowest BCUT2D eigenvalue weighted by Crippen LogP contribution is -2.30. The van der Waals surface area contributed by atoms with Gasteiger partial charge in [-0.05, 0) is 36.6 Å². The highest BCUT2D eigenvalue weighted by Gasteiger charge is 2.03. The molecule has 0 saturated carbocycles. The monoisotopic (exact) mass is 283 g/mol. The fraction of sp³-hybridized carbons (Fsp3) is 0.235. The van der Waals surface area contributed by atoms with Crippen molar-refractivity contribution >= 4 is 11.7 Å². The Morgan fingerprint density at radius 1 is 1.10 bits per heavy atom. The topological polar surface area (TPSA) is 67.1 Å². The highest BCUT2D eigenvalue weighted by molar-refractivity contribution is 5.89. The fourth-order valence-electron chi connectivity index (χ4n) is 2.01. The summed E-state index contributed by atoms with van der Waals surface area (Å²) in [6.07, 6.45) is 0.817. The zero-order valence-corrected chi connectivity index (χ0v) is 12.2. The number of amides is 2. The molecule has 2 amide bonds. The lowest BCUT2D eigenvalue weighted by atomic mass is 10.1. The van der Waals surface area contributed by atoms with Crippen molar-refractivity contribution in [2.45, 2.75) is 19.4 Å². The molecule has 0 fully saturated rings. The van der Waals surface area contributed by atoms with Gasteiger partial charge in [0.05, 0.1) is 0 Å². The highest BCUT2D eigenvalue weighted by Crippen LogP contribution is 2.13. The van der Waals surface area contributed by atoms with Crippen LogP contribution in [0.5, 0.6) is 0 Å². The summed E-state index contributed by atoms with van der Waals surface area (Å²) < 4.78 is 0. The zero-order valence-electron chi connectivity index (χ0n) is 12.2. The van der Waals surface area contributed by atoms with E-state index in [9.17, 15) is 4.79 Å². The summed E-state index contributed by atoms with van der Waals surface area (Å²) in [6.45, 7) is 2.53. The second-order valence-corrected chi connectivity index (χ2v) is 5.03. The molecule has 110 valence electrons. The van der Waals surface area contributed by atoms with Gasteiger partial charge >= 0.3 is 6.03 Å². The summed E-state index contributed by atoms with van der Waals surface area (Å²) >= 11 is 0. The minimum absolute atomic E-state index is 0.00116. The maximum absolute atomic E-state index is 11.8. The molecule has 0 bridgehead atoms. The van der Waals surface area contributed by atoms with E-state index in [4.69, 9.17) is 5.73 Å². The molecule has 4 N–H and O–H groups in total. The molecule has 0 radical (unpaired) electrons. The van der Waals surface area contributed by atoms with Crippen molar-refractivity contribution in [3.63, 3.8) is 0 Å². The molecule has 2 aromatic carbocycles. The van der Waals surface area contributed by atoms with Crippen LogP contribution in [0.1, 0.15) is 24.1 Å². The van der Waals surface area contributed by atoms with Gasteiger partial charge in [-0.25, -0.2) is 4.79 Å². The Morgan fingerprint density at radius 2 is 1.76 bits per heavy atom. The molecule has 1 atom stereocenters. The molecule has 2 rings (SSSR count). The number of rotatable bonds is 5. The Morgan fingerprint density at radius 3 is 2.38 bits per heavy atom. The number of nitrogens with two attached hydrogens (primary N) is 1. The van der Waals surface area contributed by atoms with E-state index in [-0.39, 0.29) is 12.1 Å². The van der Waals surface area contributed by atoms with E-state index in [0.29, 0.717) is 6.54 Å². The van der Waals surface area contributed by atoms with Gasteiger partial charge in [-0.15, -0.1) is 0 Å². The van der Waals surface area contributed by atoms with Crippen LogP contribution in [-0.2, 0) is 6.42 Å². The number of hydrogen-bond donors (Lipinski definition) is 3. The normalized spacial score (nSPS) is 11.7. The maximum Gasteiger partial charge on any atom is 0.319 e. The Kier molecular flexibility index (Phi) is 5.35. The molecule has 21 heavy (non-hydrogen) atoms. The molecule has 0 heterocycles. The van der Waals surface area contributed by atoms with Crippen molar-refractivity contribution in [2.24, 2.45) is 5.73 Å². The molecule has 4 nitrogen and oxygen atoms in total. The molecule has 0 aromatic heterocycles. The Balaban J connectivity index is 1.76. The number of carbonyl (C=O) groups excluding carboxylic acids is 1. The lowest BCUT2D eigenvalue weighted by molar-refractivity contribution is 0.252. The third kappa shape index (κ3) is 4.93. The average Bonchev–Trinajstić information content (AvgIpc) is 2.49. The van der Waals surface area contributed by atoms with Crippen molar-refractivity contribution in [2.75, 3.05) is 11.9 Å². The first-order valence-electron chi connectivity index (χ1n) is 7.09. The van der Waals surface area contributed by atoms with Crippen LogP contribution in [0.2, 0.25) is 0 Å². The number of carbonyl (C=O) groups is 1. The summed E-state index contributed by atoms with van der Waals surface area (Å²) in [7, 11) is 0. The molecule has 2 aromatic rings. The maximum atomic E-state index is 11.8. The fourth-order valence-corrected chi connectivity index (χ4v) is 2.01. The molecular weight excluding hydrogens is 262 g/mol. The van der Waals surface area contributed by atoms with Gasteiger partial charge in [-0.3, -0.25) is 0 Å². The van der Waals surface area contributed by atoms with Crippen molar-refractivity contribution < 1.29 is 4.79 Å². The van der Waals surface area contributed by atoms with Crippen LogP contribution in [0, 0.1) is 0 Å². The van der Waals surface area contributed by atoms with E-state index in [1.54, 1.807) is 0 Å². The SMILES string of the molecule is CC(N)c1ccc(NC(=O)NCCc2ccccc2)cc1. The van der Waals surface area contributed by atoms with Crippen LogP contribution in [-0.4, -0.2) is 12.6 Å². The first kappa shape index (κ1) is 15.1. The lowest BCUT2D eigenvalue weighted by Gasteiger charge is -2.09. The van der Waals surface area contributed by atoms with Crippen LogP contribution in [0.15, 0.2) is 54.6 Å². The predicted molar refractivity (Wildman–Crippen MR) is 86.2 cm³/mol. The Bertz CT molecular complexity index is 564. The first-order chi connectivity index (χ1) is 10.1. The molecule has 0 aliphatic rings. The largest absolute Gasteiger partial charge is 0.338 e.